The summed E-state index contributed by atoms with van der Waals surface area (Å²) in [5.74, 6) is 2.39. The molecule has 3 heterocycles. The van der Waals surface area contributed by atoms with Crippen molar-refractivity contribution >= 4 is 17.2 Å². The van der Waals surface area contributed by atoms with Crippen molar-refractivity contribution in [1.82, 2.24) is 19.6 Å². The van der Waals surface area contributed by atoms with Crippen molar-refractivity contribution in [3.63, 3.8) is 0 Å². The van der Waals surface area contributed by atoms with Gasteiger partial charge in [0, 0.05) is 12.6 Å². The number of hydrogen-bond donors (Lipinski definition) is 1. The lowest BCUT2D eigenvalue weighted by atomic mass is 10.1. The van der Waals surface area contributed by atoms with Gasteiger partial charge in [-0.25, -0.2) is 4.98 Å². The second kappa shape index (κ2) is 5.26. The molecule has 3 aromatic heterocycles. The predicted molar refractivity (Wildman–Crippen MR) is 86.1 cm³/mol. The van der Waals surface area contributed by atoms with E-state index in [9.17, 15) is 0 Å². The van der Waals surface area contributed by atoms with Gasteiger partial charge in [0.15, 0.2) is 11.5 Å². The minimum absolute atomic E-state index is 0.680. The highest BCUT2D eigenvalue weighted by Crippen LogP contribution is 2.36. The van der Waals surface area contributed by atoms with Gasteiger partial charge >= 0.3 is 0 Å². The Morgan fingerprint density at radius 3 is 2.95 bits per heavy atom. The van der Waals surface area contributed by atoms with Gasteiger partial charge in [-0.3, -0.25) is 4.98 Å². The lowest BCUT2D eigenvalue weighted by Crippen LogP contribution is -2.00. The summed E-state index contributed by atoms with van der Waals surface area (Å²) in [6.45, 7) is 4.16. The molecule has 1 aliphatic carbocycles. The van der Waals surface area contributed by atoms with Crippen molar-refractivity contribution in [1.29, 1.82) is 0 Å². The van der Waals surface area contributed by atoms with Crippen molar-refractivity contribution in [2.75, 3.05) is 5.32 Å². The average Bonchev–Trinajstić information content (AvgIpc) is 3.30. The van der Waals surface area contributed by atoms with Crippen LogP contribution in [0.5, 0.6) is 0 Å². The predicted octanol–water partition coefficient (Wildman–Crippen LogP) is 3.38. The summed E-state index contributed by atoms with van der Waals surface area (Å²) < 4.78 is 1.84. The van der Waals surface area contributed by atoms with Crippen LogP contribution < -0.4 is 5.32 Å². The van der Waals surface area contributed by atoms with Crippen LogP contribution in [0, 0.1) is 5.92 Å². The minimum Gasteiger partial charge on any atom is -0.339 e. The Kier molecular flexibility index (Phi) is 3.11. The van der Waals surface area contributed by atoms with Crippen molar-refractivity contribution in [3.8, 4) is 0 Å². The van der Waals surface area contributed by atoms with E-state index in [4.69, 9.17) is 0 Å². The van der Waals surface area contributed by atoms with Crippen LogP contribution in [-0.4, -0.2) is 19.6 Å². The number of rotatable bonds is 5. The second-order valence-corrected chi connectivity index (χ2v) is 5.69. The van der Waals surface area contributed by atoms with Crippen LogP contribution in [0.1, 0.15) is 18.7 Å². The Bertz CT molecular complexity index is 817. The fraction of sp³-hybridized carbons (Fsp3) is 0.235. The number of pyridine rings is 2. The molecule has 0 spiro atoms. The first kappa shape index (κ1) is 13.0. The fourth-order valence-electron chi connectivity index (χ4n) is 2.54. The second-order valence-electron chi connectivity index (χ2n) is 5.69. The fourth-order valence-corrected chi connectivity index (χ4v) is 2.54. The Morgan fingerprint density at radius 2 is 2.18 bits per heavy atom. The maximum absolute atomic E-state index is 4.62. The van der Waals surface area contributed by atoms with E-state index in [1.54, 1.807) is 12.4 Å². The van der Waals surface area contributed by atoms with Crippen LogP contribution in [0.25, 0.3) is 5.65 Å². The zero-order valence-corrected chi connectivity index (χ0v) is 12.2. The van der Waals surface area contributed by atoms with Crippen LogP contribution in [0.4, 0.5) is 11.5 Å². The molecule has 1 fully saturated rings. The molecule has 5 nitrogen and oxygen atoms in total. The van der Waals surface area contributed by atoms with Gasteiger partial charge in [-0.1, -0.05) is 18.2 Å². The van der Waals surface area contributed by atoms with Gasteiger partial charge in [-0.15, -0.1) is 5.10 Å². The first-order valence-electron chi connectivity index (χ1n) is 7.49. The molecule has 0 saturated heterocycles. The summed E-state index contributed by atoms with van der Waals surface area (Å²) in [5, 5.41) is 7.94. The number of anilines is 2. The van der Waals surface area contributed by atoms with Crippen LogP contribution in [-0.2, 0) is 6.42 Å². The molecule has 0 radical (unpaired) electrons. The van der Waals surface area contributed by atoms with Crippen LogP contribution >= 0.6 is 0 Å². The lowest BCUT2D eigenvalue weighted by molar-refractivity contribution is 0.856. The number of nitrogens with zero attached hydrogens (tertiary/aromatic N) is 4. The third-order valence-corrected chi connectivity index (χ3v) is 3.88. The Balaban J connectivity index is 1.64. The number of allylic oxidation sites excluding steroid dienone is 1. The van der Waals surface area contributed by atoms with Gasteiger partial charge in [0.25, 0.3) is 0 Å². The van der Waals surface area contributed by atoms with Crippen molar-refractivity contribution in [2.45, 2.75) is 19.3 Å². The largest absolute Gasteiger partial charge is 0.339 e. The zero-order chi connectivity index (χ0) is 14.9. The Morgan fingerprint density at radius 1 is 1.27 bits per heavy atom. The quantitative estimate of drug-likeness (QED) is 0.732. The molecule has 3 aromatic rings. The summed E-state index contributed by atoms with van der Waals surface area (Å²) in [4.78, 5) is 8.71. The van der Waals surface area contributed by atoms with E-state index in [1.165, 1.54) is 18.4 Å². The monoisotopic (exact) mass is 291 g/mol. The molecule has 1 saturated carbocycles. The van der Waals surface area contributed by atoms with Crippen molar-refractivity contribution in [2.24, 2.45) is 5.92 Å². The van der Waals surface area contributed by atoms with E-state index in [0.717, 1.165) is 29.4 Å². The molecule has 1 N–H and O–H groups in total. The summed E-state index contributed by atoms with van der Waals surface area (Å²) in [6, 6.07) is 9.79. The van der Waals surface area contributed by atoms with Gasteiger partial charge in [0.05, 0.1) is 11.9 Å². The molecule has 5 heteroatoms. The molecular formula is C17H17N5. The smallest absolute Gasteiger partial charge is 0.158 e. The molecule has 22 heavy (non-hydrogen) atoms. The topological polar surface area (TPSA) is 55.1 Å². The number of nitrogens with one attached hydrogen (secondary N) is 1. The molecular weight excluding hydrogens is 274 g/mol. The molecule has 1 aliphatic rings. The average molecular weight is 291 g/mol. The molecule has 110 valence electrons. The molecule has 0 aliphatic heterocycles. The van der Waals surface area contributed by atoms with Gasteiger partial charge in [-0.2, -0.15) is 4.52 Å². The highest BCUT2D eigenvalue weighted by molar-refractivity contribution is 5.58. The van der Waals surface area contributed by atoms with Gasteiger partial charge in [0.1, 0.15) is 5.82 Å². The standard InChI is InChI=1S/C17H17N5/c1-12(13-7-8-13)10-15-20-17-6-2-5-16(22(17)21-15)19-14-4-3-9-18-11-14/h2-6,9,11,13,19H,1,7-8,10H2. The van der Waals surface area contributed by atoms with E-state index < -0.39 is 0 Å². The van der Waals surface area contributed by atoms with E-state index in [0.29, 0.717) is 5.92 Å². The normalized spacial score (nSPS) is 14.2. The third kappa shape index (κ3) is 2.57. The zero-order valence-electron chi connectivity index (χ0n) is 12.2. The molecule has 0 bridgehead atoms. The van der Waals surface area contributed by atoms with Crippen molar-refractivity contribution < 1.29 is 0 Å². The highest BCUT2D eigenvalue weighted by atomic mass is 15.3. The lowest BCUT2D eigenvalue weighted by Gasteiger charge is -2.06. The molecule has 0 amide bonds. The Hall–Kier alpha value is -2.69. The van der Waals surface area contributed by atoms with E-state index in [2.05, 4.69) is 27.0 Å². The third-order valence-electron chi connectivity index (χ3n) is 3.88. The number of aromatic nitrogens is 4. The van der Waals surface area contributed by atoms with Crippen LogP contribution in [0.15, 0.2) is 54.9 Å². The highest BCUT2D eigenvalue weighted by Gasteiger charge is 2.25. The molecule has 0 unspecified atom stereocenters. The minimum atomic E-state index is 0.680. The SMILES string of the molecule is C=C(Cc1nc2cccc(Nc3cccnc3)n2n1)C1CC1. The van der Waals surface area contributed by atoms with Crippen LogP contribution in [0.2, 0.25) is 0 Å². The summed E-state index contributed by atoms with van der Waals surface area (Å²) in [7, 11) is 0. The maximum atomic E-state index is 4.62. The van der Waals surface area contributed by atoms with E-state index in [-0.39, 0.29) is 0 Å². The maximum Gasteiger partial charge on any atom is 0.158 e. The Labute approximate surface area is 128 Å². The molecule has 4 rings (SSSR count). The first-order valence-corrected chi connectivity index (χ1v) is 7.49. The summed E-state index contributed by atoms with van der Waals surface area (Å²) in [5.41, 5.74) is 3.01. The number of fused-ring (bicyclic) bond motifs is 1. The van der Waals surface area contributed by atoms with Gasteiger partial charge < -0.3 is 5.32 Å². The van der Waals surface area contributed by atoms with E-state index in [1.807, 2.05) is 34.8 Å². The molecule has 0 atom stereocenters. The summed E-state index contributed by atoms with van der Waals surface area (Å²) >= 11 is 0. The first-order chi connectivity index (χ1) is 10.8. The molecule has 0 aromatic carbocycles. The van der Waals surface area contributed by atoms with Gasteiger partial charge in [-0.05, 0) is 43.0 Å². The van der Waals surface area contributed by atoms with Crippen molar-refractivity contribution in [3.05, 3.63) is 60.7 Å². The van der Waals surface area contributed by atoms with Gasteiger partial charge in [0.2, 0.25) is 0 Å². The van der Waals surface area contributed by atoms with Crippen LogP contribution in [0.3, 0.4) is 0 Å². The number of hydrogen-bond acceptors (Lipinski definition) is 4. The summed E-state index contributed by atoms with van der Waals surface area (Å²) in [6.07, 6.45) is 6.83. The van der Waals surface area contributed by atoms with E-state index >= 15 is 0 Å².